The fourth-order valence-electron chi connectivity index (χ4n) is 1.33. The quantitative estimate of drug-likeness (QED) is 0.424. The van der Waals surface area contributed by atoms with Gasteiger partial charge in [-0.15, -0.1) is 0 Å². The number of rotatable bonds is 5. The monoisotopic (exact) mass is 299 g/mol. The number of carbonyl (C=O) groups is 2. The number of nitrogens with two attached hydrogens (primary N) is 2. The van der Waals surface area contributed by atoms with Gasteiger partial charge in [0.25, 0.3) is 11.8 Å². The molecule has 0 fully saturated rings. The van der Waals surface area contributed by atoms with E-state index in [-0.39, 0.29) is 11.8 Å². The zero-order valence-corrected chi connectivity index (χ0v) is 12.1. The van der Waals surface area contributed by atoms with Gasteiger partial charge >= 0.3 is 0 Å². The van der Waals surface area contributed by atoms with E-state index in [1.165, 1.54) is 0 Å². The molecule has 0 radical (unpaired) electrons. The number of nitrogens with one attached hydrogen (secondary N) is 1. The second-order valence-electron chi connectivity index (χ2n) is 3.55. The molecule has 104 valence electrons. The van der Waals surface area contributed by atoms with Gasteiger partial charge < -0.3 is 11.5 Å². The molecule has 0 saturated carbocycles. The summed E-state index contributed by atoms with van der Waals surface area (Å²) in [7, 11) is 3.58. The average molecular weight is 299 g/mol. The largest absolute Gasteiger partial charge is 0.330 e. The molecule has 2 rings (SSSR count). The number of hydrogen-bond donors (Lipinski definition) is 3. The predicted octanol–water partition coefficient (Wildman–Crippen LogP) is 0.855. The van der Waals surface area contributed by atoms with E-state index in [1.807, 2.05) is 0 Å². The van der Waals surface area contributed by atoms with Crippen molar-refractivity contribution in [1.82, 2.24) is 5.32 Å². The van der Waals surface area contributed by atoms with Gasteiger partial charge in [0.05, 0.1) is 11.1 Å². The molecule has 0 unspecified atom stereocenters. The lowest BCUT2D eigenvalue weighted by Crippen LogP contribution is -2.19. The molecular formula is C12H17N3O2S2. The van der Waals surface area contributed by atoms with E-state index in [2.05, 4.69) is 5.32 Å². The van der Waals surface area contributed by atoms with E-state index in [0.717, 1.165) is 24.6 Å². The summed E-state index contributed by atoms with van der Waals surface area (Å²) in [4.78, 5) is 21.9. The maximum Gasteiger partial charge on any atom is 0.258 e. The van der Waals surface area contributed by atoms with E-state index in [1.54, 1.807) is 45.9 Å². The average Bonchev–Trinajstić information content (AvgIpc) is 2.72. The maximum atomic E-state index is 10.9. The van der Waals surface area contributed by atoms with Crippen LogP contribution in [0.2, 0.25) is 0 Å². The second-order valence-corrected chi connectivity index (χ2v) is 6.25. The summed E-state index contributed by atoms with van der Waals surface area (Å²) in [5.41, 5.74) is 11.4. The number of carbonyl (C=O) groups excluding carboxylic acids is 2. The first-order valence-corrected chi connectivity index (χ1v) is 8.28. The van der Waals surface area contributed by atoms with Crippen LogP contribution in [0.5, 0.6) is 0 Å². The minimum Gasteiger partial charge on any atom is -0.330 e. The first kappa shape index (κ1) is 16.0. The van der Waals surface area contributed by atoms with Crippen molar-refractivity contribution in [3.8, 4) is 0 Å². The molecule has 0 saturated heterocycles. The van der Waals surface area contributed by atoms with Gasteiger partial charge in [0, 0.05) is 24.6 Å². The van der Waals surface area contributed by atoms with Gasteiger partial charge in [0.15, 0.2) is 0 Å². The summed E-state index contributed by atoms with van der Waals surface area (Å²) >= 11 is 0. The molecule has 1 aromatic rings. The normalized spacial score (nSPS) is 12.5. The van der Waals surface area contributed by atoms with Crippen molar-refractivity contribution < 1.29 is 9.59 Å². The summed E-state index contributed by atoms with van der Waals surface area (Å²) in [6, 6.07) is 6.74. The molecule has 0 bridgehead atoms. The second kappa shape index (κ2) is 8.98. The zero-order valence-electron chi connectivity index (χ0n) is 10.4. The summed E-state index contributed by atoms with van der Waals surface area (Å²) < 4.78 is 0. The van der Waals surface area contributed by atoms with Crippen LogP contribution in [0.3, 0.4) is 0 Å². The van der Waals surface area contributed by atoms with Crippen LogP contribution in [-0.4, -0.2) is 36.4 Å². The molecule has 1 aromatic carbocycles. The van der Waals surface area contributed by atoms with Crippen molar-refractivity contribution in [2.24, 2.45) is 11.5 Å². The number of fused-ring (bicyclic) bond motifs is 1. The van der Waals surface area contributed by atoms with Crippen LogP contribution in [0.15, 0.2) is 24.3 Å². The van der Waals surface area contributed by atoms with Crippen molar-refractivity contribution in [1.29, 1.82) is 0 Å². The molecule has 5 nitrogen and oxygen atoms in total. The van der Waals surface area contributed by atoms with E-state index in [9.17, 15) is 9.59 Å². The Balaban J connectivity index is 0.000000203. The van der Waals surface area contributed by atoms with Gasteiger partial charge in [-0.1, -0.05) is 33.7 Å². The fraction of sp³-hybridized carbons (Fsp3) is 0.333. The Labute approximate surface area is 120 Å². The third-order valence-corrected chi connectivity index (χ3v) is 4.60. The molecule has 7 heteroatoms. The highest BCUT2D eigenvalue weighted by Crippen LogP contribution is 2.18. The minimum absolute atomic E-state index is 0.300. The van der Waals surface area contributed by atoms with Gasteiger partial charge in [-0.2, -0.15) is 0 Å². The van der Waals surface area contributed by atoms with Crippen LogP contribution in [0, 0.1) is 0 Å². The molecule has 0 atom stereocenters. The third kappa shape index (κ3) is 5.23. The lowest BCUT2D eigenvalue weighted by atomic mass is 10.1. The minimum atomic E-state index is -0.300. The molecule has 1 aliphatic rings. The first-order chi connectivity index (χ1) is 9.20. The molecule has 1 heterocycles. The standard InChI is InChI=1S/C8H5NO2.C4H12N2S2/c10-7-5-3-1-2-4-6(5)8(11)9-7;5-1-3-7-8-4-2-6/h1-4H,(H,9,10,11);1-6H2. The van der Waals surface area contributed by atoms with Crippen molar-refractivity contribution in [3.05, 3.63) is 35.4 Å². The SMILES string of the molecule is NCCSSCCN.O=C1NC(=O)c2ccccc21. The third-order valence-electron chi connectivity index (χ3n) is 2.13. The van der Waals surface area contributed by atoms with E-state index >= 15 is 0 Å². The molecule has 0 aliphatic carbocycles. The van der Waals surface area contributed by atoms with Crippen LogP contribution in [0.1, 0.15) is 20.7 Å². The highest BCUT2D eigenvalue weighted by Gasteiger charge is 2.25. The topological polar surface area (TPSA) is 98.2 Å². The summed E-state index contributed by atoms with van der Waals surface area (Å²) in [5, 5.41) is 2.20. The van der Waals surface area contributed by atoms with Crippen LogP contribution < -0.4 is 16.8 Å². The molecule has 0 spiro atoms. The van der Waals surface area contributed by atoms with Gasteiger partial charge in [-0.3, -0.25) is 14.9 Å². The highest BCUT2D eigenvalue weighted by molar-refractivity contribution is 8.76. The van der Waals surface area contributed by atoms with Gasteiger partial charge in [-0.05, 0) is 12.1 Å². The van der Waals surface area contributed by atoms with Crippen LogP contribution in [0.4, 0.5) is 0 Å². The van der Waals surface area contributed by atoms with E-state index in [4.69, 9.17) is 11.5 Å². The van der Waals surface area contributed by atoms with Crippen molar-refractivity contribution in [3.63, 3.8) is 0 Å². The van der Waals surface area contributed by atoms with E-state index in [0.29, 0.717) is 11.1 Å². The molecule has 0 aromatic heterocycles. The predicted molar refractivity (Wildman–Crippen MR) is 81.3 cm³/mol. The van der Waals surface area contributed by atoms with Crippen LogP contribution >= 0.6 is 21.6 Å². The summed E-state index contributed by atoms with van der Waals surface area (Å²) in [6.07, 6.45) is 0. The van der Waals surface area contributed by atoms with Crippen molar-refractivity contribution in [2.45, 2.75) is 0 Å². The summed E-state index contributed by atoms with van der Waals surface area (Å²) in [5.74, 6) is 1.46. The molecule has 1 aliphatic heterocycles. The van der Waals surface area contributed by atoms with Crippen molar-refractivity contribution >= 4 is 33.4 Å². The Hall–Kier alpha value is -1.02. The molecular weight excluding hydrogens is 282 g/mol. The molecule has 5 N–H and O–H groups in total. The summed E-state index contributed by atoms with van der Waals surface area (Å²) in [6.45, 7) is 1.53. The number of hydrogen-bond acceptors (Lipinski definition) is 6. The Bertz CT molecular complexity index is 402. The fourth-order valence-corrected chi connectivity index (χ4v) is 3.04. The van der Waals surface area contributed by atoms with Crippen LogP contribution in [-0.2, 0) is 0 Å². The Morgan fingerprint density at radius 1 is 0.895 bits per heavy atom. The molecule has 19 heavy (non-hydrogen) atoms. The molecule has 2 amide bonds. The number of imide groups is 1. The Morgan fingerprint density at radius 3 is 1.68 bits per heavy atom. The first-order valence-electron chi connectivity index (χ1n) is 5.80. The van der Waals surface area contributed by atoms with Crippen LogP contribution in [0.25, 0.3) is 0 Å². The van der Waals surface area contributed by atoms with Crippen molar-refractivity contribution in [2.75, 3.05) is 24.6 Å². The zero-order chi connectivity index (χ0) is 14.1. The van der Waals surface area contributed by atoms with Gasteiger partial charge in [-0.25, -0.2) is 0 Å². The number of benzene rings is 1. The van der Waals surface area contributed by atoms with Gasteiger partial charge in [0.2, 0.25) is 0 Å². The number of amides is 2. The smallest absolute Gasteiger partial charge is 0.258 e. The lowest BCUT2D eigenvalue weighted by molar-refractivity contribution is 0.0879. The highest BCUT2D eigenvalue weighted by atomic mass is 33.1. The Morgan fingerprint density at radius 2 is 1.32 bits per heavy atom. The van der Waals surface area contributed by atoms with E-state index < -0.39 is 0 Å². The maximum absolute atomic E-state index is 10.9. The lowest BCUT2D eigenvalue weighted by Gasteiger charge is -1.93. The Kier molecular flexibility index (Phi) is 7.57. The van der Waals surface area contributed by atoms with Gasteiger partial charge in [0.1, 0.15) is 0 Å².